The topological polar surface area (TPSA) is 545 Å². The van der Waals surface area contributed by atoms with Gasteiger partial charge in [0.15, 0.2) is 37.7 Å². The van der Waals surface area contributed by atoms with Crippen LogP contribution in [0.25, 0.3) is 6.08 Å². The number of allylic oxidation sites excluding steroid dienone is 1. The molecule has 4 saturated carbocycles. The van der Waals surface area contributed by atoms with Gasteiger partial charge >= 0.3 is 17.9 Å². The number of carbonyl (C=O) groups excluding carboxylic acids is 1. The molecule has 0 amide bonds. The molecular weight excluding hydrogens is 1460 g/mol. The van der Waals surface area contributed by atoms with Gasteiger partial charge in [0, 0.05) is 11.5 Å². The summed E-state index contributed by atoms with van der Waals surface area (Å²) in [5.41, 5.74) is -4.10. The SMILES string of the molecule is COc1ccc(C=CC(=O)OCC23CCC4(C(=O)O)CCC(C)(C)CC4C2=CCC2C4(C)CC(O)C(OC5OC(C)C(OC6OC(C)C(OC7OCC(OC8OC(CO)C(O)C(O)C8OC8OC(C)C(O)C(OC9OC(CO)C(O)C(O)C9O)C8O)C(O)C7O)C(O)C6O)C(O)C5O)C(C)(C(=O)O)C4CCC23C)cc1. The molecule has 10 fully saturated rings. The molecule has 6 saturated heterocycles. The summed E-state index contributed by atoms with van der Waals surface area (Å²) in [6.07, 6.45) is -46.0. The Labute approximate surface area is 635 Å². The van der Waals surface area contributed by atoms with Crippen molar-refractivity contribution in [1.82, 2.24) is 0 Å². The van der Waals surface area contributed by atoms with Crippen LogP contribution >= 0.6 is 0 Å². The lowest BCUT2D eigenvalue weighted by molar-refractivity contribution is -0.395. The molecule has 1 aromatic carbocycles. The maximum Gasteiger partial charge on any atom is 0.330 e. The Hall–Kier alpha value is -4.21. The van der Waals surface area contributed by atoms with Crippen molar-refractivity contribution >= 4 is 24.0 Å². The van der Waals surface area contributed by atoms with Crippen LogP contribution in [-0.2, 0) is 76.0 Å². The zero-order valence-corrected chi connectivity index (χ0v) is 62.9. The molecule has 110 heavy (non-hydrogen) atoms. The standard InChI is InChI=1S/C75H112O35/c1-30-44(80)59(108-65-53(89)48(84)45(81)38(26-76)103-65)56(92)66(100-30)109-60-49(85)46(82)39(27-77)104-67(60)105-40-28-98-62(52(88)47(40)83)106-57-31(2)101-63(54(90)50(57)86)107-58-32(3)102-64(55(91)51(58)87)110-61-37(78)25-71(6)41-16-15-35-36-24-70(4,5)20-21-74(36,69(95)96)22-23-75(35,72(41,7)19-18-42(71)73(61,8)68(93)94)29-99-43(79)17-12-33-10-13-34(97-9)14-11-33/h10-15,17,30-32,36-42,44-67,76-78,80-92H,16,18-29H2,1-9H3,(H,93,94)(H,95,96). The lowest BCUT2D eigenvalue weighted by Crippen LogP contribution is -2.71. The number of aliphatic hydroxyl groups is 16. The van der Waals surface area contributed by atoms with Gasteiger partial charge in [0.25, 0.3) is 0 Å². The fraction of sp³-hybridized carbons (Fsp3) is 0.827. The summed E-state index contributed by atoms with van der Waals surface area (Å²) in [6.45, 7) is 11.6. The summed E-state index contributed by atoms with van der Waals surface area (Å²) >= 11 is 0. The first kappa shape index (κ1) is 85.2. The van der Waals surface area contributed by atoms with Gasteiger partial charge in [0.05, 0.1) is 62.2 Å². The summed E-state index contributed by atoms with van der Waals surface area (Å²) in [5.74, 6) is -3.60. The molecule has 6 heterocycles. The average molecular weight is 1570 g/mol. The first-order valence-corrected chi connectivity index (χ1v) is 38.0. The van der Waals surface area contributed by atoms with Gasteiger partial charge in [0.2, 0.25) is 0 Å². The highest BCUT2D eigenvalue weighted by Gasteiger charge is 2.74. The molecule has 0 radical (unpaired) electrons. The minimum absolute atomic E-state index is 0.00121. The number of methoxy groups -OCH3 is 1. The van der Waals surface area contributed by atoms with Crippen LogP contribution in [0.5, 0.6) is 5.75 Å². The van der Waals surface area contributed by atoms with Crippen LogP contribution in [0.1, 0.15) is 119 Å². The fourth-order valence-electron chi connectivity index (χ4n) is 20.5. The number of aliphatic carboxylic acids is 2. The van der Waals surface area contributed by atoms with E-state index in [-0.39, 0.29) is 30.8 Å². The van der Waals surface area contributed by atoms with E-state index in [0.717, 1.165) is 11.1 Å². The van der Waals surface area contributed by atoms with Crippen molar-refractivity contribution < 1.29 is 173 Å². The molecular formula is C75H112O35. The van der Waals surface area contributed by atoms with Crippen LogP contribution in [0, 0.1) is 50.2 Å². The fourth-order valence-corrected chi connectivity index (χ4v) is 20.5. The highest BCUT2D eigenvalue weighted by Crippen LogP contribution is 2.76. The summed E-state index contributed by atoms with van der Waals surface area (Å²) in [6, 6.07) is 7.13. The lowest BCUT2D eigenvalue weighted by atomic mass is 9.33. The number of hydrogen-bond acceptors (Lipinski definition) is 33. The second-order valence-electron chi connectivity index (χ2n) is 33.8. The number of aliphatic hydroxyl groups excluding tert-OH is 16. The molecule has 0 bridgehead atoms. The molecule has 6 aliphatic heterocycles. The van der Waals surface area contributed by atoms with Crippen LogP contribution < -0.4 is 4.74 Å². The molecule has 11 aliphatic rings. The van der Waals surface area contributed by atoms with Crippen molar-refractivity contribution in [3.05, 3.63) is 47.6 Å². The number of esters is 1. The lowest BCUT2D eigenvalue weighted by Gasteiger charge is -2.71. The maximum atomic E-state index is 14.2. The van der Waals surface area contributed by atoms with E-state index in [1.54, 1.807) is 37.5 Å². The van der Waals surface area contributed by atoms with Gasteiger partial charge in [-0.25, -0.2) is 4.79 Å². The smallest absolute Gasteiger partial charge is 0.330 e. The third kappa shape index (κ3) is 15.1. The van der Waals surface area contributed by atoms with E-state index in [1.807, 2.05) is 6.92 Å². The van der Waals surface area contributed by atoms with Gasteiger partial charge in [-0.15, -0.1) is 0 Å². The summed E-state index contributed by atoms with van der Waals surface area (Å²) in [7, 11) is 1.55. The van der Waals surface area contributed by atoms with Crippen molar-refractivity contribution in [3.63, 3.8) is 0 Å². The van der Waals surface area contributed by atoms with E-state index in [9.17, 15) is 106 Å². The minimum atomic E-state index is -2.05. The second-order valence-corrected chi connectivity index (χ2v) is 33.8. The number of rotatable bonds is 21. The average Bonchev–Trinajstić information content (AvgIpc) is 0.668. The summed E-state index contributed by atoms with van der Waals surface area (Å²) in [4.78, 5) is 41.8. The highest BCUT2D eigenvalue weighted by molar-refractivity contribution is 5.87. The van der Waals surface area contributed by atoms with Crippen molar-refractivity contribution in [2.45, 2.75) is 304 Å². The van der Waals surface area contributed by atoms with Crippen molar-refractivity contribution in [2.24, 2.45) is 50.2 Å². The number of hydrogen-bond donors (Lipinski definition) is 18. The molecule has 39 atom stereocenters. The molecule has 39 unspecified atom stereocenters. The number of fused-ring (bicyclic) bond motifs is 7. The molecule has 12 rings (SSSR count). The van der Waals surface area contributed by atoms with E-state index in [1.165, 1.54) is 33.8 Å². The van der Waals surface area contributed by atoms with E-state index < -0.39 is 267 Å². The third-order valence-corrected chi connectivity index (χ3v) is 27.0. The van der Waals surface area contributed by atoms with E-state index in [4.69, 9.17) is 66.3 Å². The van der Waals surface area contributed by atoms with Gasteiger partial charge in [-0.05, 0) is 143 Å². The van der Waals surface area contributed by atoms with Gasteiger partial charge in [-0.1, -0.05) is 51.5 Å². The third-order valence-electron chi connectivity index (χ3n) is 27.0. The molecule has 35 heteroatoms. The molecule has 1 aromatic rings. The second kappa shape index (κ2) is 32.7. The van der Waals surface area contributed by atoms with Crippen LogP contribution in [0.4, 0.5) is 0 Å². The van der Waals surface area contributed by atoms with Crippen LogP contribution in [0.3, 0.4) is 0 Å². The quantitative estimate of drug-likeness (QED) is 0.0255. The zero-order chi connectivity index (χ0) is 80.1. The number of carboxylic acid groups (broad SMARTS) is 2. The van der Waals surface area contributed by atoms with Crippen LogP contribution in [0.2, 0.25) is 0 Å². The molecule has 35 nitrogen and oxygen atoms in total. The predicted molar refractivity (Wildman–Crippen MR) is 369 cm³/mol. The monoisotopic (exact) mass is 1570 g/mol. The summed E-state index contributed by atoms with van der Waals surface area (Å²) in [5, 5.41) is 201. The van der Waals surface area contributed by atoms with Gasteiger partial charge < -0.3 is 158 Å². The number of benzene rings is 1. The molecule has 0 spiro atoms. The number of carboxylic acids is 2. The first-order chi connectivity index (χ1) is 51.8. The van der Waals surface area contributed by atoms with Crippen LogP contribution in [0.15, 0.2) is 42.0 Å². The van der Waals surface area contributed by atoms with E-state index in [0.29, 0.717) is 50.7 Å². The van der Waals surface area contributed by atoms with Gasteiger partial charge in [-0.3, -0.25) is 9.59 Å². The zero-order valence-electron chi connectivity index (χ0n) is 62.9. The normalized spacial score (nSPS) is 50.2. The largest absolute Gasteiger partial charge is 0.497 e. The van der Waals surface area contributed by atoms with E-state index in [2.05, 4.69) is 26.8 Å². The Kier molecular flexibility index (Phi) is 25.3. The van der Waals surface area contributed by atoms with Crippen molar-refractivity contribution in [1.29, 1.82) is 0 Å². The molecule has 0 aromatic heterocycles. The Morgan fingerprint density at radius 1 is 0.518 bits per heavy atom. The predicted octanol–water partition coefficient (Wildman–Crippen LogP) is -2.82. The Bertz CT molecular complexity index is 3420. The highest BCUT2D eigenvalue weighted by atomic mass is 16.8. The van der Waals surface area contributed by atoms with E-state index >= 15 is 0 Å². The molecule has 622 valence electrons. The minimum Gasteiger partial charge on any atom is -0.497 e. The van der Waals surface area contributed by atoms with Gasteiger partial charge in [-0.2, -0.15) is 0 Å². The molecule has 18 N–H and O–H groups in total. The summed E-state index contributed by atoms with van der Waals surface area (Å²) < 4.78 is 82.5. The first-order valence-electron chi connectivity index (χ1n) is 38.0. The maximum absolute atomic E-state index is 14.2. The van der Waals surface area contributed by atoms with Crippen molar-refractivity contribution in [2.75, 3.05) is 33.5 Å². The Morgan fingerprint density at radius 2 is 1.05 bits per heavy atom. The Morgan fingerprint density at radius 3 is 1.65 bits per heavy atom. The Balaban J connectivity index is 0.684. The molecule has 5 aliphatic carbocycles. The van der Waals surface area contributed by atoms with Crippen molar-refractivity contribution in [3.8, 4) is 5.75 Å². The number of ether oxygens (including phenoxy) is 14. The number of carbonyl (C=O) groups is 3. The van der Waals surface area contributed by atoms with Gasteiger partial charge in [0.1, 0.15) is 141 Å². The van der Waals surface area contributed by atoms with Crippen LogP contribution in [-0.4, -0.2) is 334 Å².